The van der Waals surface area contributed by atoms with Gasteiger partial charge in [0.25, 0.3) is 5.91 Å². The summed E-state index contributed by atoms with van der Waals surface area (Å²) >= 11 is 1.19. The zero-order chi connectivity index (χ0) is 22.3. The summed E-state index contributed by atoms with van der Waals surface area (Å²) in [6, 6.07) is 5.34. The van der Waals surface area contributed by atoms with Crippen molar-refractivity contribution in [1.82, 2.24) is 19.7 Å². The first kappa shape index (κ1) is 21.1. The summed E-state index contributed by atoms with van der Waals surface area (Å²) in [4.78, 5) is 27.2. The van der Waals surface area contributed by atoms with Crippen LogP contribution in [0.4, 0.5) is 4.39 Å². The molecule has 4 rings (SSSR count). The highest BCUT2D eigenvalue weighted by molar-refractivity contribution is 7.14. The molecule has 10 heteroatoms. The molecule has 0 unspecified atom stereocenters. The van der Waals surface area contributed by atoms with Gasteiger partial charge in [-0.1, -0.05) is 23.5 Å². The smallest absolute Gasteiger partial charge is 0.275 e. The van der Waals surface area contributed by atoms with Gasteiger partial charge < -0.3 is 19.7 Å². The molecule has 0 fully saturated rings. The number of aliphatic hydroxyl groups excluding tert-OH is 1. The molecule has 162 valence electrons. The number of hydrogen-bond donors (Lipinski definition) is 2. The number of amides is 1. The van der Waals surface area contributed by atoms with Gasteiger partial charge in [0.2, 0.25) is 5.43 Å². The van der Waals surface area contributed by atoms with Gasteiger partial charge >= 0.3 is 0 Å². The van der Waals surface area contributed by atoms with Gasteiger partial charge in [-0.3, -0.25) is 9.59 Å². The van der Waals surface area contributed by atoms with Crippen LogP contribution < -0.4 is 5.43 Å². The third-order valence-electron chi connectivity index (χ3n) is 5.23. The molecule has 1 amide bonds. The summed E-state index contributed by atoms with van der Waals surface area (Å²) in [5.74, 6) is -1.47. The molecule has 31 heavy (non-hydrogen) atoms. The Labute approximate surface area is 181 Å². The largest absolute Gasteiger partial charge is 0.503 e. The zero-order valence-corrected chi connectivity index (χ0v) is 17.8. The van der Waals surface area contributed by atoms with E-state index in [1.54, 1.807) is 12.1 Å². The average Bonchev–Trinajstić information content (AvgIpc) is 3.19. The predicted octanol–water partition coefficient (Wildman–Crippen LogP) is 2.03. The Morgan fingerprint density at radius 2 is 1.94 bits per heavy atom. The molecule has 3 aromatic rings. The Balaban J connectivity index is 1.71. The first-order valence-electron chi connectivity index (χ1n) is 9.77. The van der Waals surface area contributed by atoms with Gasteiger partial charge in [-0.2, -0.15) is 0 Å². The Morgan fingerprint density at radius 1 is 1.23 bits per heavy atom. The molecule has 1 atom stereocenters. The second kappa shape index (κ2) is 8.20. The highest BCUT2D eigenvalue weighted by Crippen LogP contribution is 2.29. The molecule has 1 aromatic carbocycles. The second-order valence-electron chi connectivity index (χ2n) is 7.67. The maximum absolute atomic E-state index is 13.1. The van der Waals surface area contributed by atoms with Crippen LogP contribution in [0.2, 0.25) is 0 Å². The Kier molecular flexibility index (Phi) is 5.59. The number of halogens is 1. The molecule has 3 heterocycles. The summed E-state index contributed by atoms with van der Waals surface area (Å²) in [6.07, 6.45) is 1.91. The van der Waals surface area contributed by atoms with Crippen LogP contribution in [0.15, 0.2) is 35.3 Å². The summed E-state index contributed by atoms with van der Waals surface area (Å²) < 4.78 is 14.6. The van der Waals surface area contributed by atoms with Crippen molar-refractivity contribution in [2.45, 2.75) is 38.9 Å². The topological polar surface area (TPSA) is 109 Å². The number of carbonyl (C=O) groups is 1. The zero-order valence-electron chi connectivity index (χ0n) is 16.9. The lowest BCUT2D eigenvalue weighted by Gasteiger charge is -2.39. The van der Waals surface area contributed by atoms with Crippen LogP contribution in [-0.4, -0.2) is 54.5 Å². The van der Waals surface area contributed by atoms with Gasteiger partial charge in [-0.15, -0.1) is 10.2 Å². The van der Waals surface area contributed by atoms with Crippen molar-refractivity contribution >= 4 is 17.2 Å². The minimum Gasteiger partial charge on any atom is -0.503 e. The summed E-state index contributed by atoms with van der Waals surface area (Å²) in [5, 5.41) is 29.4. The first-order valence-corrected chi connectivity index (χ1v) is 10.6. The number of carbonyl (C=O) groups excluding carboxylic acids is 1. The van der Waals surface area contributed by atoms with E-state index in [0.717, 1.165) is 5.56 Å². The molecule has 0 bridgehead atoms. The maximum Gasteiger partial charge on any atom is 0.275 e. The summed E-state index contributed by atoms with van der Waals surface area (Å²) in [5.41, 5.74) is 0.185. The number of aromatic hydroxyl groups is 1. The van der Waals surface area contributed by atoms with Gasteiger partial charge in [0.1, 0.15) is 10.8 Å². The van der Waals surface area contributed by atoms with Crippen LogP contribution in [-0.2, 0) is 13.0 Å². The molecular formula is C21H21FN4O4S. The van der Waals surface area contributed by atoms with Crippen molar-refractivity contribution in [2.75, 3.05) is 6.61 Å². The van der Waals surface area contributed by atoms with Crippen LogP contribution in [0, 0.1) is 5.82 Å². The van der Waals surface area contributed by atoms with Gasteiger partial charge in [0.05, 0.1) is 18.2 Å². The van der Waals surface area contributed by atoms with E-state index in [1.165, 1.54) is 39.1 Å². The summed E-state index contributed by atoms with van der Waals surface area (Å²) in [6.45, 7) is 3.61. The highest BCUT2D eigenvalue weighted by Gasteiger charge is 2.37. The fraction of sp³-hybridized carbons (Fsp3) is 0.333. The number of nitrogens with zero attached hydrogens (tertiary/aromatic N) is 4. The standard InChI is InChI=1S/C21H21FN4O4S/c1-11(2)26-14(10-27)8-25-9-15(18(28)19(29)17(25)21(26)30)20-24-23-16(31-20)7-12-3-5-13(22)6-4-12/h3-6,9,11,14,27,29H,7-8,10H2,1-2H3/t14-/m0/s1. The van der Waals surface area contributed by atoms with E-state index in [4.69, 9.17) is 0 Å². The number of pyridine rings is 1. The van der Waals surface area contributed by atoms with E-state index in [1.807, 2.05) is 13.8 Å². The number of aromatic nitrogens is 3. The van der Waals surface area contributed by atoms with E-state index in [0.29, 0.717) is 16.4 Å². The second-order valence-corrected chi connectivity index (χ2v) is 8.73. The van der Waals surface area contributed by atoms with Crippen LogP contribution in [0.5, 0.6) is 5.75 Å². The quantitative estimate of drug-likeness (QED) is 0.623. The van der Waals surface area contributed by atoms with Gasteiger partial charge in [-0.05, 0) is 31.5 Å². The maximum atomic E-state index is 13.1. The van der Waals surface area contributed by atoms with E-state index < -0.39 is 23.1 Å². The minimum atomic E-state index is -0.699. The third kappa shape index (κ3) is 3.84. The Bertz CT molecular complexity index is 1190. The van der Waals surface area contributed by atoms with Crippen molar-refractivity contribution in [2.24, 2.45) is 0 Å². The Hall–Kier alpha value is -3.11. The molecular weight excluding hydrogens is 423 g/mol. The van der Waals surface area contributed by atoms with Crippen molar-refractivity contribution in [1.29, 1.82) is 0 Å². The van der Waals surface area contributed by atoms with Crippen molar-refractivity contribution < 1.29 is 19.4 Å². The lowest BCUT2D eigenvalue weighted by atomic mass is 10.1. The van der Waals surface area contributed by atoms with Crippen molar-refractivity contribution in [3.8, 4) is 16.3 Å². The lowest BCUT2D eigenvalue weighted by molar-refractivity contribution is 0.0381. The van der Waals surface area contributed by atoms with Crippen LogP contribution in [0.1, 0.15) is 34.9 Å². The van der Waals surface area contributed by atoms with Gasteiger partial charge in [0, 0.05) is 25.2 Å². The number of benzene rings is 1. The molecule has 0 spiro atoms. The fourth-order valence-electron chi connectivity index (χ4n) is 3.79. The number of rotatable bonds is 5. The molecule has 0 saturated heterocycles. The number of fused-ring (bicyclic) bond motifs is 1. The predicted molar refractivity (Wildman–Crippen MR) is 113 cm³/mol. The van der Waals surface area contributed by atoms with Gasteiger partial charge in [-0.25, -0.2) is 4.39 Å². The lowest BCUT2D eigenvalue weighted by Crippen LogP contribution is -2.53. The van der Waals surface area contributed by atoms with Crippen LogP contribution in [0.3, 0.4) is 0 Å². The molecule has 0 radical (unpaired) electrons. The van der Waals surface area contributed by atoms with Crippen molar-refractivity contribution in [3.63, 3.8) is 0 Å². The summed E-state index contributed by atoms with van der Waals surface area (Å²) in [7, 11) is 0. The first-order chi connectivity index (χ1) is 14.8. The average molecular weight is 444 g/mol. The molecule has 1 aliphatic rings. The van der Waals surface area contributed by atoms with Crippen LogP contribution in [0.25, 0.3) is 10.6 Å². The van der Waals surface area contributed by atoms with Gasteiger partial charge in [0.15, 0.2) is 16.5 Å². The third-order valence-corrected chi connectivity index (χ3v) is 6.18. The molecule has 2 N–H and O–H groups in total. The molecule has 0 aliphatic carbocycles. The SMILES string of the molecule is CC(C)N1C(=O)c2c(O)c(=O)c(-c3nnc(Cc4ccc(F)cc4)s3)cn2C[C@H]1CO. The highest BCUT2D eigenvalue weighted by atomic mass is 32.1. The van der Waals surface area contributed by atoms with E-state index >= 15 is 0 Å². The normalized spacial score (nSPS) is 16.1. The number of hydrogen-bond acceptors (Lipinski definition) is 7. The van der Waals surface area contributed by atoms with E-state index in [-0.39, 0.29) is 36.3 Å². The Morgan fingerprint density at radius 3 is 2.58 bits per heavy atom. The number of aliphatic hydroxyl groups is 1. The molecule has 1 aliphatic heterocycles. The fourth-order valence-corrected chi connectivity index (χ4v) is 4.67. The van der Waals surface area contributed by atoms with Crippen LogP contribution >= 0.6 is 11.3 Å². The molecule has 8 nitrogen and oxygen atoms in total. The molecule has 0 saturated carbocycles. The van der Waals surface area contributed by atoms with E-state index in [2.05, 4.69) is 10.2 Å². The minimum absolute atomic E-state index is 0.0943. The monoisotopic (exact) mass is 444 g/mol. The molecule has 2 aromatic heterocycles. The van der Waals surface area contributed by atoms with Crippen molar-refractivity contribution in [3.05, 3.63) is 62.8 Å². The van der Waals surface area contributed by atoms with E-state index in [9.17, 15) is 24.2 Å².